The first-order valence-corrected chi connectivity index (χ1v) is 8.65. The van der Waals surface area contributed by atoms with Gasteiger partial charge >= 0.3 is 0 Å². The molecule has 1 aromatic heterocycles. The number of amides is 1. The highest BCUT2D eigenvalue weighted by atomic mass is 35.5. The maximum absolute atomic E-state index is 12.3. The number of ether oxygens (including phenoxy) is 1. The molecule has 0 bridgehead atoms. The van der Waals surface area contributed by atoms with Gasteiger partial charge in [0, 0.05) is 30.2 Å². The Bertz CT molecular complexity index is 726. The number of carbonyl (C=O) groups excluding carboxylic acids is 1. The molecular weight excluding hydrogens is 328 g/mol. The zero-order valence-corrected chi connectivity index (χ0v) is 14.0. The minimum Gasteiger partial charge on any atom is -0.484 e. The van der Waals surface area contributed by atoms with Gasteiger partial charge in [0.1, 0.15) is 5.75 Å². The molecule has 0 radical (unpaired) electrons. The Morgan fingerprint density at radius 2 is 2.04 bits per heavy atom. The molecule has 1 aliphatic carbocycles. The highest BCUT2D eigenvalue weighted by Gasteiger charge is 2.31. The van der Waals surface area contributed by atoms with E-state index in [9.17, 15) is 4.79 Å². The third-order valence-electron chi connectivity index (χ3n) is 4.59. The topological polar surface area (TPSA) is 60.2 Å². The molecule has 2 aromatic rings. The Labute approximate surface area is 145 Å². The van der Waals surface area contributed by atoms with Crippen molar-refractivity contribution in [2.45, 2.75) is 31.2 Å². The van der Waals surface area contributed by atoms with E-state index in [-0.39, 0.29) is 18.6 Å². The number of rotatable bonds is 5. The molecule has 0 spiro atoms. The Balaban J connectivity index is 1.30. The van der Waals surface area contributed by atoms with Crippen molar-refractivity contribution in [3.05, 3.63) is 41.2 Å². The van der Waals surface area contributed by atoms with Crippen LogP contribution in [0.2, 0.25) is 5.02 Å². The van der Waals surface area contributed by atoms with Crippen molar-refractivity contribution in [2.24, 2.45) is 0 Å². The summed E-state index contributed by atoms with van der Waals surface area (Å²) in [6.07, 6.45) is 5.38. The van der Waals surface area contributed by atoms with Crippen LogP contribution in [0.5, 0.6) is 5.75 Å². The molecule has 1 atom stereocenters. The fourth-order valence-electron chi connectivity index (χ4n) is 2.99. The van der Waals surface area contributed by atoms with Crippen molar-refractivity contribution < 1.29 is 9.53 Å². The lowest BCUT2D eigenvalue weighted by molar-refractivity contribution is -0.132. The van der Waals surface area contributed by atoms with E-state index in [0.29, 0.717) is 23.2 Å². The summed E-state index contributed by atoms with van der Waals surface area (Å²) in [5.74, 6) is 1.24. The Morgan fingerprint density at radius 3 is 2.79 bits per heavy atom. The Kier molecular flexibility index (Phi) is 4.14. The third-order valence-corrected chi connectivity index (χ3v) is 4.84. The third kappa shape index (κ3) is 3.38. The smallest absolute Gasteiger partial charge is 0.260 e. The van der Waals surface area contributed by atoms with Gasteiger partial charge in [-0.15, -0.1) is 5.10 Å². The molecule has 1 saturated carbocycles. The molecule has 2 fully saturated rings. The number of benzene rings is 1. The molecule has 6 nitrogen and oxygen atoms in total. The minimum atomic E-state index is -0.00465. The number of nitrogens with zero attached hydrogens (tertiary/aromatic N) is 4. The molecule has 1 aromatic carbocycles. The van der Waals surface area contributed by atoms with Gasteiger partial charge in [0.05, 0.1) is 11.7 Å². The van der Waals surface area contributed by atoms with Crippen molar-refractivity contribution in [1.29, 1.82) is 0 Å². The number of hydrogen-bond acceptors (Lipinski definition) is 4. The summed E-state index contributed by atoms with van der Waals surface area (Å²) in [5, 5.41) is 9.14. The van der Waals surface area contributed by atoms with Gasteiger partial charge in [-0.05, 0) is 43.5 Å². The summed E-state index contributed by atoms with van der Waals surface area (Å²) < 4.78 is 7.45. The van der Waals surface area contributed by atoms with Crippen molar-refractivity contribution >= 4 is 17.5 Å². The van der Waals surface area contributed by atoms with Gasteiger partial charge in [0.15, 0.2) is 6.61 Å². The molecule has 24 heavy (non-hydrogen) atoms. The number of hydrogen-bond donors (Lipinski definition) is 0. The van der Waals surface area contributed by atoms with Crippen LogP contribution in [0.3, 0.4) is 0 Å². The monoisotopic (exact) mass is 346 g/mol. The highest BCUT2D eigenvalue weighted by molar-refractivity contribution is 6.30. The van der Waals surface area contributed by atoms with Gasteiger partial charge in [0.2, 0.25) is 0 Å². The summed E-state index contributed by atoms with van der Waals surface area (Å²) >= 11 is 5.83. The first kappa shape index (κ1) is 15.4. The number of halogens is 1. The second-order valence-corrected chi connectivity index (χ2v) is 6.86. The lowest BCUT2D eigenvalue weighted by Crippen LogP contribution is -2.33. The molecule has 2 heterocycles. The number of carbonyl (C=O) groups is 1. The second kappa shape index (κ2) is 6.43. The first-order chi connectivity index (χ1) is 11.7. The van der Waals surface area contributed by atoms with Crippen LogP contribution in [0, 0.1) is 0 Å². The van der Waals surface area contributed by atoms with E-state index in [1.807, 2.05) is 15.8 Å². The molecule has 0 N–H and O–H groups in total. The van der Waals surface area contributed by atoms with Crippen LogP contribution in [0.25, 0.3) is 0 Å². The Morgan fingerprint density at radius 1 is 1.25 bits per heavy atom. The van der Waals surface area contributed by atoms with Crippen LogP contribution in [-0.4, -0.2) is 45.5 Å². The van der Waals surface area contributed by atoms with Crippen LogP contribution >= 0.6 is 11.6 Å². The maximum Gasteiger partial charge on any atom is 0.260 e. The molecule has 0 unspecified atom stereocenters. The van der Waals surface area contributed by atoms with Crippen molar-refractivity contribution in [2.75, 3.05) is 19.7 Å². The van der Waals surface area contributed by atoms with Crippen LogP contribution < -0.4 is 4.74 Å². The average molecular weight is 347 g/mol. The predicted molar refractivity (Wildman–Crippen MR) is 89.2 cm³/mol. The molecule has 1 amide bonds. The summed E-state index contributed by atoms with van der Waals surface area (Å²) in [6.45, 7) is 1.43. The average Bonchev–Trinajstić information content (AvgIpc) is 3.12. The zero-order chi connectivity index (χ0) is 16.5. The van der Waals surface area contributed by atoms with E-state index < -0.39 is 0 Å². The molecule has 1 saturated heterocycles. The lowest BCUT2D eigenvalue weighted by atomic mass is 10.2. The largest absolute Gasteiger partial charge is 0.484 e. The van der Waals surface area contributed by atoms with Crippen molar-refractivity contribution in [3.63, 3.8) is 0 Å². The van der Waals surface area contributed by atoms with Crippen LogP contribution in [0.1, 0.15) is 36.9 Å². The van der Waals surface area contributed by atoms with E-state index in [2.05, 4.69) is 10.3 Å². The Hall–Kier alpha value is -2.08. The molecule has 1 aliphatic heterocycles. The zero-order valence-electron chi connectivity index (χ0n) is 13.3. The van der Waals surface area contributed by atoms with Gasteiger partial charge in [-0.3, -0.25) is 4.79 Å². The quantitative estimate of drug-likeness (QED) is 0.835. The van der Waals surface area contributed by atoms with E-state index in [4.69, 9.17) is 16.3 Å². The fraction of sp³-hybridized carbons (Fsp3) is 0.471. The number of aromatic nitrogens is 3. The summed E-state index contributed by atoms with van der Waals surface area (Å²) in [5.41, 5.74) is 1.09. The van der Waals surface area contributed by atoms with Crippen LogP contribution in [0.15, 0.2) is 30.5 Å². The van der Waals surface area contributed by atoms with Gasteiger partial charge in [-0.2, -0.15) is 0 Å². The van der Waals surface area contributed by atoms with Crippen molar-refractivity contribution in [1.82, 2.24) is 19.9 Å². The standard InChI is InChI=1S/C17H19ClN4O2/c18-13-3-5-15(6-4-13)24-11-17(23)21-8-7-14(9-21)22-10-16(19-20-22)12-1-2-12/h3-6,10,12,14H,1-2,7-9,11H2/t14-/m0/s1. The highest BCUT2D eigenvalue weighted by Crippen LogP contribution is 2.39. The van der Waals surface area contributed by atoms with Crippen molar-refractivity contribution in [3.8, 4) is 5.75 Å². The molecule has 4 rings (SSSR count). The minimum absolute atomic E-state index is 0.00465. The van der Waals surface area contributed by atoms with Crippen LogP contribution in [0.4, 0.5) is 0 Å². The molecule has 7 heteroatoms. The summed E-state index contributed by atoms with van der Waals surface area (Å²) in [6, 6.07) is 7.23. The van der Waals surface area contributed by atoms with Gasteiger partial charge < -0.3 is 9.64 Å². The van der Waals surface area contributed by atoms with Gasteiger partial charge in [-0.1, -0.05) is 16.8 Å². The first-order valence-electron chi connectivity index (χ1n) is 8.27. The summed E-state index contributed by atoms with van der Waals surface area (Å²) in [7, 11) is 0. The van der Waals surface area contributed by atoms with Gasteiger partial charge in [-0.25, -0.2) is 4.68 Å². The summed E-state index contributed by atoms with van der Waals surface area (Å²) in [4.78, 5) is 14.1. The van der Waals surface area contributed by atoms with Crippen LogP contribution in [-0.2, 0) is 4.79 Å². The number of likely N-dealkylation sites (tertiary alicyclic amines) is 1. The fourth-order valence-corrected chi connectivity index (χ4v) is 3.11. The lowest BCUT2D eigenvalue weighted by Gasteiger charge is -2.16. The van der Waals surface area contributed by atoms with E-state index in [0.717, 1.165) is 18.7 Å². The second-order valence-electron chi connectivity index (χ2n) is 6.42. The van der Waals surface area contributed by atoms with E-state index >= 15 is 0 Å². The molecule has 2 aliphatic rings. The normalized spacial score (nSPS) is 20.4. The van der Waals surface area contributed by atoms with E-state index in [1.165, 1.54) is 12.8 Å². The van der Waals surface area contributed by atoms with E-state index in [1.54, 1.807) is 24.3 Å². The maximum atomic E-state index is 12.3. The molecule has 126 valence electrons. The SMILES string of the molecule is O=C(COc1ccc(Cl)cc1)N1CC[C@H](n2cc(C3CC3)nn2)C1. The predicted octanol–water partition coefficient (Wildman–Crippen LogP) is 2.66. The molecular formula is C17H19ClN4O2. The van der Waals surface area contributed by atoms with Gasteiger partial charge in [0.25, 0.3) is 5.91 Å².